The first-order valence-corrected chi connectivity index (χ1v) is 6.39. The van der Waals surface area contributed by atoms with Gasteiger partial charge in [-0.3, -0.25) is 4.79 Å². The lowest BCUT2D eigenvalue weighted by atomic mass is 10.2. The van der Waals surface area contributed by atoms with E-state index < -0.39 is 0 Å². The van der Waals surface area contributed by atoms with Crippen LogP contribution < -0.4 is 10.6 Å². The van der Waals surface area contributed by atoms with Crippen LogP contribution in [0.4, 0.5) is 5.82 Å². The second-order valence-electron chi connectivity index (χ2n) is 4.41. The third-order valence-corrected chi connectivity index (χ3v) is 2.84. The molecule has 0 aliphatic carbocycles. The first kappa shape index (κ1) is 13.3. The molecule has 2 N–H and O–H groups in total. The number of aromatic nitrogens is 2. The normalized spacial score (nSPS) is 12.2. The number of rotatable bonds is 4. The van der Waals surface area contributed by atoms with E-state index in [-0.39, 0.29) is 11.9 Å². The number of likely N-dealkylation sites (N-methyl/N-ethyl adjacent to an activating group) is 1. The largest absolute Gasteiger partial charge is 0.357 e. The fourth-order valence-corrected chi connectivity index (χ4v) is 1.82. The Morgan fingerprint density at radius 1 is 1.26 bits per heavy atom. The zero-order chi connectivity index (χ0) is 13.8. The third-order valence-electron chi connectivity index (χ3n) is 2.84. The minimum absolute atomic E-state index is 0.0446. The summed E-state index contributed by atoms with van der Waals surface area (Å²) in [6.45, 7) is 6.20. The molecule has 2 aromatic rings. The lowest BCUT2D eigenvalue weighted by molar-refractivity contribution is -0.121. The van der Waals surface area contributed by atoms with Gasteiger partial charge in [0.15, 0.2) is 0 Å². The summed E-state index contributed by atoms with van der Waals surface area (Å²) in [5, 5.41) is 5.87. The second-order valence-corrected chi connectivity index (χ2v) is 4.41. The fourth-order valence-electron chi connectivity index (χ4n) is 1.82. The van der Waals surface area contributed by atoms with Crippen molar-refractivity contribution in [3.63, 3.8) is 0 Å². The molecule has 1 unspecified atom stereocenters. The van der Waals surface area contributed by atoms with Gasteiger partial charge in [-0.1, -0.05) is 12.1 Å². The van der Waals surface area contributed by atoms with Gasteiger partial charge in [-0.05, 0) is 32.9 Å². The van der Waals surface area contributed by atoms with E-state index in [9.17, 15) is 4.79 Å². The van der Waals surface area contributed by atoms with Gasteiger partial charge in [0, 0.05) is 6.54 Å². The number of aryl methyl sites for hydroxylation is 1. The van der Waals surface area contributed by atoms with Crippen LogP contribution in [0, 0.1) is 6.92 Å². The molecule has 0 radical (unpaired) electrons. The van der Waals surface area contributed by atoms with Crippen LogP contribution in [0.3, 0.4) is 0 Å². The highest BCUT2D eigenvalue weighted by atomic mass is 16.2. The summed E-state index contributed by atoms with van der Waals surface area (Å²) < 4.78 is 0. The van der Waals surface area contributed by atoms with Crippen molar-refractivity contribution < 1.29 is 4.79 Å². The highest BCUT2D eigenvalue weighted by Crippen LogP contribution is 2.16. The predicted octanol–water partition coefficient (Wildman–Crippen LogP) is 1.87. The Labute approximate surface area is 112 Å². The fraction of sp³-hybridized carbons (Fsp3) is 0.357. The number of carbonyl (C=O) groups excluding carboxylic acids is 1. The van der Waals surface area contributed by atoms with Crippen molar-refractivity contribution >= 4 is 22.8 Å². The quantitative estimate of drug-likeness (QED) is 0.878. The van der Waals surface area contributed by atoms with Crippen molar-refractivity contribution in [1.82, 2.24) is 15.3 Å². The van der Waals surface area contributed by atoms with E-state index >= 15 is 0 Å². The monoisotopic (exact) mass is 258 g/mol. The molecule has 1 amide bonds. The average Bonchev–Trinajstić information content (AvgIpc) is 2.39. The maximum absolute atomic E-state index is 11.7. The number of carbonyl (C=O) groups is 1. The Balaban J connectivity index is 2.25. The van der Waals surface area contributed by atoms with Gasteiger partial charge < -0.3 is 10.6 Å². The molecule has 100 valence electrons. The van der Waals surface area contributed by atoms with Crippen LogP contribution in [0.5, 0.6) is 0 Å². The molecule has 0 spiro atoms. The van der Waals surface area contributed by atoms with Crippen LogP contribution in [0.2, 0.25) is 0 Å². The number of benzene rings is 1. The zero-order valence-corrected chi connectivity index (χ0v) is 11.4. The summed E-state index contributed by atoms with van der Waals surface area (Å²) in [5.41, 5.74) is 2.46. The highest BCUT2D eigenvalue weighted by molar-refractivity contribution is 5.84. The van der Waals surface area contributed by atoms with E-state index in [1.54, 1.807) is 6.92 Å². The summed E-state index contributed by atoms with van der Waals surface area (Å²) >= 11 is 0. The van der Waals surface area contributed by atoms with E-state index in [2.05, 4.69) is 20.6 Å². The molecule has 1 heterocycles. The van der Waals surface area contributed by atoms with Gasteiger partial charge in [0.05, 0.1) is 16.7 Å². The van der Waals surface area contributed by atoms with Crippen LogP contribution in [0.1, 0.15) is 19.5 Å². The first-order chi connectivity index (χ1) is 9.11. The molecule has 1 aromatic carbocycles. The smallest absolute Gasteiger partial charge is 0.242 e. The standard InChI is InChI=1S/C14H18N4O/c1-4-15-14(19)10(3)17-13-9(2)16-11-7-5-6-8-12(11)18-13/h5-8,10H,4H2,1-3H3,(H,15,19)(H,17,18). The Kier molecular flexibility index (Phi) is 3.94. The Hall–Kier alpha value is -2.17. The number of anilines is 1. The molecule has 0 aliphatic heterocycles. The summed E-state index contributed by atoms with van der Waals surface area (Å²) in [5.74, 6) is 0.606. The number of para-hydroxylation sites is 2. The van der Waals surface area contributed by atoms with Gasteiger partial charge in [-0.2, -0.15) is 0 Å². The second kappa shape index (κ2) is 5.65. The van der Waals surface area contributed by atoms with E-state index in [1.165, 1.54) is 0 Å². The minimum atomic E-state index is -0.339. The van der Waals surface area contributed by atoms with Gasteiger partial charge in [0.1, 0.15) is 11.9 Å². The van der Waals surface area contributed by atoms with Crippen molar-refractivity contribution in [2.75, 3.05) is 11.9 Å². The lowest BCUT2D eigenvalue weighted by Crippen LogP contribution is -2.37. The predicted molar refractivity (Wildman–Crippen MR) is 76.0 cm³/mol. The molecule has 5 heteroatoms. The van der Waals surface area contributed by atoms with Gasteiger partial charge >= 0.3 is 0 Å². The van der Waals surface area contributed by atoms with E-state index in [0.717, 1.165) is 16.7 Å². The van der Waals surface area contributed by atoms with Crippen LogP contribution >= 0.6 is 0 Å². The van der Waals surface area contributed by atoms with Crippen molar-refractivity contribution in [2.24, 2.45) is 0 Å². The van der Waals surface area contributed by atoms with Gasteiger partial charge in [0.25, 0.3) is 0 Å². The lowest BCUT2D eigenvalue weighted by Gasteiger charge is -2.15. The van der Waals surface area contributed by atoms with Crippen LogP contribution in [0.15, 0.2) is 24.3 Å². The zero-order valence-electron chi connectivity index (χ0n) is 11.4. The summed E-state index contributed by atoms with van der Waals surface area (Å²) in [6, 6.07) is 7.34. The van der Waals surface area contributed by atoms with Gasteiger partial charge in [-0.15, -0.1) is 0 Å². The molecule has 1 aromatic heterocycles. The van der Waals surface area contributed by atoms with Crippen LogP contribution in [-0.4, -0.2) is 28.5 Å². The summed E-state index contributed by atoms with van der Waals surface area (Å²) in [4.78, 5) is 20.7. The molecule has 0 bridgehead atoms. The van der Waals surface area contributed by atoms with Crippen molar-refractivity contribution in [3.8, 4) is 0 Å². The number of hydrogen-bond donors (Lipinski definition) is 2. The van der Waals surface area contributed by atoms with Crippen LogP contribution in [-0.2, 0) is 4.79 Å². The molecule has 2 rings (SSSR count). The van der Waals surface area contributed by atoms with Crippen molar-refractivity contribution in [1.29, 1.82) is 0 Å². The van der Waals surface area contributed by atoms with E-state index in [0.29, 0.717) is 12.4 Å². The van der Waals surface area contributed by atoms with Crippen LogP contribution in [0.25, 0.3) is 11.0 Å². The summed E-state index contributed by atoms with van der Waals surface area (Å²) in [6.07, 6.45) is 0. The number of amides is 1. The highest BCUT2D eigenvalue weighted by Gasteiger charge is 2.14. The number of hydrogen-bond acceptors (Lipinski definition) is 4. The number of fused-ring (bicyclic) bond motifs is 1. The Bertz CT molecular complexity index is 597. The molecule has 19 heavy (non-hydrogen) atoms. The molecule has 0 fully saturated rings. The topological polar surface area (TPSA) is 66.9 Å². The average molecular weight is 258 g/mol. The third kappa shape index (κ3) is 2.99. The molecular formula is C14H18N4O. The Morgan fingerprint density at radius 2 is 1.89 bits per heavy atom. The van der Waals surface area contributed by atoms with Crippen molar-refractivity contribution in [3.05, 3.63) is 30.0 Å². The molecule has 1 atom stereocenters. The Morgan fingerprint density at radius 3 is 2.53 bits per heavy atom. The van der Waals surface area contributed by atoms with Gasteiger partial charge in [-0.25, -0.2) is 9.97 Å². The molecule has 0 saturated heterocycles. The maximum atomic E-state index is 11.7. The molecule has 5 nitrogen and oxygen atoms in total. The SMILES string of the molecule is CCNC(=O)C(C)Nc1nc2ccccc2nc1C. The van der Waals surface area contributed by atoms with Crippen molar-refractivity contribution in [2.45, 2.75) is 26.8 Å². The van der Waals surface area contributed by atoms with Gasteiger partial charge in [0.2, 0.25) is 5.91 Å². The minimum Gasteiger partial charge on any atom is -0.357 e. The maximum Gasteiger partial charge on any atom is 0.242 e. The summed E-state index contributed by atoms with van der Waals surface area (Å²) in [7, 11) is 0. The molecular weight excluding hydrogens is 240 g/mol. The van der Waals surface area contributed by atoms with E-state index in [4.69, 9.17) is 0 Å². The first-order valence-electron chi connectivity index (χ1n) is 6.39. The number of nitrogens with one attached hydrogen (secondary N) is 2. The van der Waals surface area contributed by atoms with E-state index in [1.807, 2.05) is 38.1 Å². The molecule has 0 aliphatic rings. The molecule has 0 saturated carbocycles. The number of nitrogens with zero attached hydrogens (tertiary/aromatic N) is 2.